The number of carbonyl (C=O) groups is 1. The molecule has 1 amide bonds. The summed E-state index contributed by atoms with van der Waals surface area (Å²) < 4.78 is 26.2. The number of carbonyl (C=O) groups excluding carboxylic acids is 1. The van der Waals surface area contributed by atoms with Gasteiger partial charge in [0.2, 0.25) is 15.9 Å². The molecule has 1 heterocycles. The monoisotopic (exact) mass is 342 g/mol. The van der Waals surface area contributed by atoms with Crippen molar-refractivity contribution in [2.75, 3.05) is 32.0 Å². The molecule has 0 unspecified atom stereocenters. The molecule has 0 bridgehead atoms. The number of nitro groups is 1. The van der Waals surface area contributed by atoms with E-state index in [-0.39, 0.29) is 28.7 Å². The van der Waals surface area contributed by atoms with Crippen LogP contribution in [-0.4, -0.2) is 50.2 Å². The van der Waals surface area contributed by atoms with E-state index in [9.17, 15) is 23.3 Å². The number of anilines is 1. The first-order valence-corrected chi connectivity index (χ1v) is 8.53. The summed E-state index contributed by atoms with van der Waals surface area (Å²) in [6.07, 6.45) is 1.57. The van der Waals surface area contributed by atoms with Crippen LogP contribution in [0.2, 0.25) is 0 Å². The third-order valence-corrected chi connectivity index (χ3v) is 5.48. The number of hydrogen-bond acceptors (Lipinski definition) is 6. The number of hydrogen-bond donors (Lipinski definition) is 2. The van der Waals surface area contributed by atoms with Crippen LogP contribution in [0.3, 0.4) is 0 Å². The van der Waals surface area contributed by atoms with E-state index in [0.717, 1.165) is 18.9 Å². The fourth-order valence-corrected chi connectivity index (χ4v) is 3.85. The van der Waals surface area contributed by atoms with Crippen molar-refractivity contribution >= 4 is 27.3 Å². The van der Waals surface area contributed by atoms with Crippen LogP contribution in [0, 0.1) is 10.1 Å². The smallest absolute Gasteiger partial charge is 0.293 e. The van der Waals surface area contributed by atoms with Crippen LogP contribution in [0.1, 0.15) is 12.8 Å². The van der Waals surface area contributed by atoms with Crippen molar-refractivity contribution in [2.24, 2.45) is 0 Å². The van der Waals surface area contributed by atoms with Crippen molar-refractivity contribution < 1.29 is 18.1 Å². The van der Waals surface area contributed by atoms with E-state index in [2.05, 4.69) is 10.6 Å². The van der Waals surface area contributed by atoms with Gasteiger partial charge in [-0.1, -0.05) is 0 Å². The first-order valence-electron chi connectivity index (χ1n) is 7.09. The number of nitrogens with one attached hydrogen (secondary N) is 2. The van der Waals surface area contributed by atoms with Gasteiger partial charge in [0.1, 0.15) is 5.69 Å². The molecule has 0 aliphatic carbocycles. The molecule has 0 aromatic heterocycles. The summed E-state index contributed by atoms with van der Waals surface area (Å²) in [5.74, 6) is -0.340. The first-order chi connectivity index (χ1) is 10.9. The molecule has 23 heavy (non-hydrogen) atoms. The highest BCUT2D eigenvalue weighted by Gasteiger charge is 2.29. The van der Waals surface area contributed by atoms with Crippen LogP contribution in [0.4, 0.5) is 11.4 Å². The lowest BCUT2D eigenvalue weighted by Crippen LogP contribution is -2.28. The average molecular weight is 342 g/mol. The molecule has 1 aliphatic rings. The quantitative estimate of drug-likeness (QED) is 0.575. The Labute approximate surface area is 133 Å². The molecule has 1 aromatic rings. The molecule has 10 heteroatoms. The summed E-state index contributed by atoms with van der Waals surface area (Å²) in [5.41, 5.74) is -0.284. The highest BCUT2D eigenvalue weighted by molar-refractivity contribution is 7.89. The second kappa shape index (κ2) is 6.92. The minimum absolute atomic E-state index is 0.0963. The Morgan fingerprint density at radius 1 is 1.35 bits per heavy atom. The standard InChI is InChI=1S/C13H18N4O5S/c1-14-13(18)9-15-11-5-4-10(8-12(11)17(19)20)23(21,22)16-6-2-3-7-16/h4-5,8,15H,2-3,6-7,9H2,1H3,(H,14,18). The zero-order valence-corrected chi connectivity index (χ0v) is 13.4. The molecule has 1 aromatic carbocycles. The van der Waals surface area contributed by atoms with Crippen LogP contribution in [0.5, 0.6) is 0 Å². The number of rotatable bonds is 6. The van der Waals surface area contributed by atoms with Crippen molar-refractivity contribution in [3.8, 4) is 0 Å². The van der Waals surface area contributed by atoms with Crippen molar-refractivity contribution in [1.29, 1.82) is 0 Å². The molecular formula is C13H18N4O5S. The first kappa shape index (κ1) is 17.2. The van der Waals surface area contributed by atoms with Gasteiger partial charge in [-0.2, -0.15) is 4.31 Å². The fraction of sp³-hybridized carbons (Fsp3) is 0.462. The summed E-state index contributed by atoms with van der Waals surface area (Å²) in [6, 6.07) is 3.65. The Hall–Kier alpha value is -2.20. The van der Waals surface area contributed by atoms with Gasteiger partial charge in [0, 0.05) is 26.2 Å². The number of nitro benzene ring substituents is 1. The molecule has 2 rings (SSSR count). The molecule has 0 radical (unpaired) electrons. The molecule has 0 spiro atoms. The second-order valence-electron chi connectivity index (χ2n) is 5.07. The second-order valence-corrected chi connectivity index (χ2v) is 7.01. The van der Waals surface area contributed by atoms with Crippen molar-refractivity contribution in [3.05, 3.63) is 28.3 Å². The van der Waals surface area contributed by atoms with E-state index in [4.69, 9.17) is 0 Å². The topological polar surface area (TPSA) is 122 Å². The van der Waals surface area contributed by atoms with Crippen molar-refractivity contribution in [1.82, 2.24) is 9.62 Å². The van der Waals surface area contributed by atoms with Crippen LogP contribution >= 0.6 is 0 Å². The SMILES string of the molecule is CNC(=O)CNc1ccc(S(=O)(=O)N2CCCC2)cc1[N+](=O)[O-]. The van der Waals surface area contributed by atoms with Gasteiger partial charge in [0.25, 0.3) is 5.69 Å². The lowest BCUT2D eigenvalue weighted by atomic mass is 10.2. The molecule has 1 fully saturated rings. The van der Waals surface area contributed by atoms with E-state index in [1.54, 1.807) is 0 Å². The normalized spacial score (nSPS) is 15.3. The lowest BCUT2D eigenvalue weighted by molar-refractivity contribution is -0.384. The summed E-state index contributed by atoms with van der Waals surface area (Å²) in [6.45, 7) is 0.704. The van der Waals surface area contributed by atoms with Crippen LogP contribution < -0.4 is 10.6 Å². The Bertz CT molecular complexity index is 713. The Morgan fingerprint density at radius 2 is 2.00 bits per heavy atom. The van der Waals surface area contributed by atoms with Crippen molar-refractivity contribution in [2.45, 2.75) is 17.7 Å². The fourth-order valence-electron chi connectivity index (χ4n) is 2.31. The average Bonchev–Trinajstić information content (AvgIpc) is 3.07. The largest absolute Gasteiger partial charge is 0.371 e. The van der Waals surface area contributed by atoms with E-state index >= 15 is 0 Å². The molecule has 0 saturated carbocycles. The number of benzene rings is 1. The molecule has 9 nitrogen and oxygen atoms in total. The van der Waals surface area contributed by atoms with Gasteiger partial charge < -0.3 is 10.6 Å². The van der Waals surface area contributed by atoms with Crippen LogP contribution in [-0.2, 0) is 14.8 Å². The zero-order valence-electron chi connectivity index (χ0n) is 12.6. The van der Waals surface area contributed by atoms with Gasteiger partial charge in [0.15, 0.2) is 0 Å². The maximum atomic E-state index is 12.5. The molecule has 1 aliphatic heterocycles. The molecular weight excluding hydrogens is 324 g/mol. The summed E-state index contributed by atoms with van der Waals surface area (Å²) in [4.78, 5) is 21.6. The number of sulfonamides is 1. The van der Waals surface area contributed by atoms with Gasteiger partial charge in [-0.25, -0.2) is 8.42 Å². The van der Waals surface area contributed by atoms with E-state index in [0.29, 0.717) is 13.1 Å². The van der Waals surface area contributed by atoms with Gasteiger partial charge in [-0.05, 0) is 25.0 Å². The molecule has 126 valence electrons. The highest BCUT2D eigenvalue weighted by Crippen LogP contribution is 2.29. The van der Waals surface area contributed by atoms with Gasteiger partial charge >= 0.3 is 0 Å². The van der Waals surface area contributed by atoms with E-state index in [1.165, 1.54) is 23.5 Å². The number of amides is 1. The molecule has 1 saturated heterocycles. The predicted molar refractivity (Wildman–Crippen MR) is 83.6 cm³/mol. The molecule has 0 atom stereocenters. The van der Waals surface area contributed by atoms with Crippen LogP contribution in [0.25, 0.3) is 0 Å². The van der Waals surface area contributed by atoms with Crippen molar-refractivity contribution in [3.63, 3.8) is 0 Å². The Kier molecular flexibility index (Phi) is 5.16. The maximum absolute atomic E-state index is 12.5. The third kappa shape index (κ3) is 3.77. The maximum Gasteiger partial charge on any atom is 0.293 e. The number of likely N-dealkylation sites (N-methyl/N-ethyl adjacent to an activating group) is 1. The Morgan fingerprint density at radius 3 is 2.57 bits per heavy atom. The lowest BCUT2D eigenvalue weighted by Gasteiger charge is -2.16. The van der Waals surface area contributed by atoms with Crippen LogP contribution in [0.15, 0.2) is 23.1 Å². The highest BCUT2D eigenvalue weighted by atomic mass is 32.2. The van der Waals surface area contributed by atoms with Gasteiger partial charge in [-0.3, -0.25) is 14.9 Å². The zero-order chi connectivity index (χ0) is 17.0. The van der Waals surface area contributed by atoms with E-state index < -0.39 is 14.9 Å². The Balaban J connectivity index is 2.32. The third-order valence-electron chi connectivity index (χ3n) is 3.59. The summed E-state index contributed by atoms with van der Waals surface area (Å²) in [5, 5.41) is 16.2. The minimum atomic E-state index is -3.73. The summed E-state index contributed by atoms with van der Waals surface area (Å²) in [7, 11) is -2.28. The molecule has 2 N–H and O–H groups in total. The minimum Gasteiger partial charge on any atom is -0.371 e. The van der Waals surface area contributed by atoms with Gasteiger partial charge in [-0.15, -0.1) is 0 Å². The predicted octanol–water partition coefficient (Wildman–Crippen LogP) is 0.537. The van der Waals surface area contributed by atoms with E-state index in [1.807, 2.05) is 0 Å². The van der Waals surface area contributed by atoms with Gasteiger partial charge in [0.05, 0.1) is 16.4 Å². The number of nitrogens with zero attached hydrogens (tertiary/aromatic N) is 2. The summed E-state index contributed by atoms with van der Waals surface area (Å²) >= 11 is 0.